The predicted octanol–water partition coefficient (Wildman–Crippen LogP) is 5.20. The third-order valence-electron chi connectivity index (χ3n) is 8.46. The molecule has 0 saturated carbocycles. The average molecular weight is 559 g/mol. The maximum absolute atomic E-state index is 14.8. The Morgan fingerprint density at radius 1 is 0.976 bits per heavy atom. The number of hydrogen-bond acceptors (Lipinski definition) is 7. The van der Waals surface area contributed by atoms with Crippen LogP contribution in [0.1, 0.15) is 77.9 Å². The van der Waals surface area contributed by atoms with Crippen LogP contribution in [0.25, 0.3) is 11.2 Å². The van der Waals surface area contributed by atoms with E-state index in [4.69, 9.17) is 15.0 Å². The number of aromatic amines is 1. The van der Waals surface area contributed by atoms with Gasteiger partial charge in [-0.15, -0.1) is 0 Å². The summed E-state index contributed by atoms with van der Waals surface area (Å²) in [7, 11) is 0. The Hall–Kier alpha value is -4.38. The second kappa shape index (κ2) is 10.2. The van der Waals surface area contributed by atoms with Crippen LogP contribution in [0.15, 0.2) is 64.2 Å². The van der Waals surface area contributed by atoms with Crippen molar-refractivity contribution in [3.05, 3.63) is 105 Å². The van der Waals surface area contributed by atoms with Crippen LogP contribution in [0.3, 0.4) is 0 Å². The van der Waals surface area contributed by atoms with Gasteiger partial charge in [-0.2, -0.15) is 0 Å². The Morgan fingerprint density at radius 2 is 1.78 bits per heavy atom. The first-order valence-electron chi connectivity index (χ1n) is 13.8. The normalized spacial score (nSPS) is 22.5. The molecule has 210 valence electrons. The summed E-state index contributed by atoms with van der Waals surface area (Å²) in [6.07, 6.45) is 6.36. The zero-order chi connectivity index (χ0) is 28.1. The Bertz CT molecular complexity index is 1800. The summed E-state index contributed by atoms with van der Waals surface area (Å²) in [6.45, 7) is 0. The molecule has 2 aliphatic rings. The van der Waals surface area contributed by atoms with E-state index >= 15 is 0 Å². The Labute approximate surface area is 233 Å². The maximum Gasteiger partial charge on any atom is 0.327 e. The molecular formula is C30H28F2N6O3. The fourth-order valence-electron chi connectivity index (χ4n) is 6.44. The largest absolute Gasteiger partial charge is 0.465 e. The highest BCUT2D eigenvalue weighted by Crippen LogP contribution is 2.44. The van der Waals surface area contributed by atoms with Crippen LogP contribution >= 0.6 is 0 Å². The van der Waals surface area contributed by atoms with E-state index in [2.05, 4.69) is 20.1 Å². The molecule has 11 heteroatoms. The summed E-state index contributed by atoms with van der Waals surface area (Å²) in [4.78, 5) is 24.5. The third kappa shape index (κ3) is 4.40. The van der Waals surface area contributed by atoms with E-state index in [1.54, 1.807) is 29.1 Å². The number of ether oxygens (including phenoxy) is 1. The van der Waals surface area contributed by atoms with E-state index in [9.17, 15) is 13.6 Å². The standard InChI is InChI=1S/C30H28F2N6O3/c31-21-6-1-4-17(25(21)32)18-11-13-24(27-20(26(18)33)5-2-14-34-27)40-29-19-10-8-16(9-12-23(19)41-37-29)38-22-7-3-15-35-28(22)36-30(38)39/h1-7,14-16,18,24,26H,8-13,33H2,(H,35,36,39)/t16-,18+,24-,26+/m1/s1. The summed E-state index contributed by atoms with van der Waals surface area (Å²) >= 11 is 0. The van der Waals surface area contributed by atoms with Crippen LogP contribution in [0.4, 0.5) is 8.78 Å². The quantitative estimate of drug-likeness (QED) is 0.290. The molecule has 9 nitrogen and oxygen atoms in total. The van der Waals surface area contributed by atoms with Crippen LogP contribution in [0.5, 0.6) is 5.88 Å². The Morgan fingerprint density at radius 3 is 2.68 bits per heavy atom. The van der Waals surface area contributed by atoms with Gasteiger partial charge in [0.15, 0.2) is 17.3 Å². The van der Waals surface area contributed by atoms with Gasteiger partial charge in [0.2, 0.25) is 0 Å². The van der Waals surface area contributed by atoms with Crippen LogP contribution in [0, 0.1) is 11.6 Å². The van der Waals surface area contributed by atoms with E-state index in [1.165, 1.54) is 6.07 Å². The lowest BCUT2D eigenvalue weighted by Gasteiger charge is -2.23. The highest BCUT2D eigenvalue weighted by molar-refractivity contribution is 5.70. The van der Waals surface area contributed by atoms with Gasteiger partial charge in [0.25, 0.3) is 5.88 Å². The lowest BCUT2D eigenvalue weighted by Crippen LogP contribution is -2.22. The van der Waals surface area contributed by atoms with Crippen molar-refractivity contribution in [2.24, 2.45) is 5.73 Å². The van der Waals surface area contributed by atoms with Crippen LogP contribution in [0.2, 0.25) is 0 Å². The molecule has 7 rings (SSSR count). The zero-order valence-corrected chi connectivity index (χ0v) is 22.1. The van der Waals surface area contributed by atoms with Crippen molar-refractivity contribution in [2.45, 2.75) is 62.6 Å². The molecule has 0 aliphatic heterocycles. The molecule has 2 aliphatic carbocycles. The molecular weight excluding hydrogens is 530 g/mol. The molecule has 0 saturated heterocycles. The number of halogens is 2. The molecule has 4 aromatic heterocycles. The first-order chi connectivity index (χ1) is 20.0. The lowest BCUT2D eigenvalue weighted by molar-refractivity contribution is 0.167. The van der Waals surface area contributed by atoms with E-state index < -0.39 is 29.7 Å². The number of rotatable bonds is 4. The minimum Gasteiger partial charge on any atom is -0.465 e. The predicted molar refractivity (Wildman–Crippen MR) is 145 cm³/mol. The van der Waals surface area contributed by atoms with Gasteiger partial charge in [0.05, 0.1) is 16.8 Å². The second-order valence-electron chi connectivity index (χ2n) is 10.7. The highest BCUT2D eigenvalue weighted by Gasteiger charge is 2.36. The van der Waals surface area contributed by atoms with Crippen molar-refractivity contribution in [3.63, 3.8) is 0 Å². The number of aryl methyl sites for hydroxylation is 1. The van der Waals surface area contributed by atoms with Gasteiger partial charge in [0.1, 0.15) is 11.9 Å². The molecule has 0 radical (unpaired) electrons. The number of fused-ring (bicyclic) bond motifs is 3. The summed E-state index contributed by atoms with van der Waals surface area (Å²) in [5, 5.41) is 4.26. The van der Waals surface area contributed by atoms with Crippen molar-refractivity contribution in [3.8, 4) is 5.88 Å². The number of benzene rings is 1. The van der Waals surface area contributed by atoms with Gasteiger partial charge >= 0.3 is 5.69 Å². The molecule has 4 atom stereocenters. The molecule has 5 aromatic rings. The number of nitrogens with zero attached hydrogens (tertiary/aromatic N) is 4. The molecule has 0 fully saturated rings. The molecule has 41 heavy (non-hydrogen) atoms. The average Bonchev–Trinajstić information content (AvgIpc) is 3.40. The smallest absolute Gasteiger partial charge is 0.327 e. The first kappa shape index (κ1) is 25.6. The fraction of sp³-hybridized carbons (Fsp3) is 0.333. The summed E-state index contributed by atoms with van der Waals surface area (Å²) in [5.74, 6) is -1.10. The van der Waals surface area contributed by atoms with E-state index in [0.717, 1.165) is 28.5 Å². The molecule has 0 spiro atoms. The van der Waals surface area contributed by atoms with Gasteiger partial charge in [-0.1, -0.05) is 18.2 Å². The fourth-order valence-corrected chi connectivity index (χ4v) is 6.44. The molecule has 3 N–H and O–H groups in total. The summed E-state index contributed by atoms with van der Waals surface area (Å²) < 4.78 is 42.9. The van der Waals surface area contributed by atoms with E-state index in [-0.39, 0.29) is 17.3 Å². The SMILES string of the molecule is N[C@@H]1c2cccnc2[C@H](Oc2noc3c2CC[C@@H](n2c(=O)[nH]c4ncccc42)CC3)CC[C@H]1c1cccc(F)c1F. The van der Waals surface area contributed by atoms with Crippen molar-refractivity contribution in [2.75, 3.05) is 0 Å². The number of aromatic nitrogens is 5. The topological polar surface area (TPSA) is 125 Å². The van der Waals surface area contributed by atoms with Crippen LogP contribution < -0.4 is 16.2 Å². The number of nitrogens with two attached hydrogens (primary N) is 1. The molecule has 0 amide bonds. The molecule has 0 unspecified atom stereocenters. The van der Waals surface area contributed by atoms with Gasteiger partial charge in [0, 0.05) is 36.8 Å². The summed E-state index contributed by atoms with van der Waals surface area (Å²) in [6, 6.07) is 10.9. The maximum atomic E-state index is 14.8. The minimum atomic E-state index is -0.895. The van der Waals surface area contributed by atoms with Crippen molar-refractivity contribution in [1.29, 1.82) is 0 Å². The number of nitrogens with one attached hydrogen (secondary N) is 1. The number of H-pyrrole nitrogens is 1. The van der Waals surface area contributed by atoms with E-state index in [0.29, 0.717) is 55.7 Å². The number of imidazole rings is 1. The zero-order valence-electron chi connectivity index (χ0n) is 22.1. The number of pyridine rings is 2. The second-order valence-corrected chi connectivity index (χ2v) is 10.7. The van der Waals surface area contributed by atoms with E-state index in [1.807, 2.05) is 18.2 Å². The number of hydrogen-bond donors (Lipinski definition) is 2. The van der Waals surface area contributed by atoms with Crippen molar-refractivity contribution in [1.82, 2.24) is 24.7 Å². The van der Waals surface area contributed by atoms with Gasteiger partial charge in [-0.05, 0) is 72.7 Å². The molecule has 0 bridgehead atoms. The third-order valence-corrected chi connectivity index (χ3v) is 8.46. The Balaban J connectivity index is 1.16. The Kier molecular flexibility index (Phi) is 6.38. The minimum absolute atomic E-state index is 0.0453. The first-order valence-corrected chi connectivity index (χ1v) is 13.8. The van der Waals surface area contributed by atoms with Crippen molar-refractivity contribution < 1.29 is 18.0 Å². The lowest BCUT2D eigenvalue weighted by atomic mass is 9.86. The van der Waals surface area contributed by atoms with Crippen LogP contribution in [-0.2, 0) is 12.8 Å². The van der Waals surface area contributed by atoms with Gasteiger partial charge < -0.3 is 15.0 Å². The summed E-state index contributed by atoms with van der Waals surface area (Å²) in [5.41, 5.74) is 10.3. The highest BCUT2D eigenvalue weighted by atomic mass is 19.2. The molecule has 1 aromatic carbocycles. The molecule has 4 heterocycles. The van der Waals surface area contributed by atoms with Crippen molar-refractivity contribution >= 4 is 11.2 Å². The van der Waals surface area contributed by atoms with Gasteiger partial charge in [-0.25, -0.2) is 18.6 Å². The monoisotopic (exact) mass is 558 g/mol. The van der Waals surface area contributed by atoms with Gasteiger partial charge in [-0.3, -0.25) is 14.5 Å². The van der Waals surface area contributed by atoms with Crippen LogP contribution in [-0.4, -0.2) is 24.7 Å².